The topological polar surface area (TPSA) is 72.5 Å². The molecule has 5 nitrogen and oxygen atoms in total. The molecule has 0 saturated heterocycles. The van der Waals surface area contributed by atoms with Crippen LogP contribution in [0.2, 0.25) is 0 Å². The van der Waals surface area contributed by atoms with E-state index >= 15 is 0 Å². The average Bonchev–Trinajstić information content (AvgIpc) is 2.49. The van der Waals surface area contributed by atoms with Crippen LogP contribution in [0.3, 0.4) is 0 Å². The number of carbonyl (C=O) groups is 1. The molecule has 2 aliphatic carbocycles. The number of nitrogens with one attached hydrogen (secondary N) is 1. The molecule has 2 aliphatic rings. The van der Waals surface area contributed by atoms with Crippen LogP contribution < -0.4 is 4.72 Å². The molecule has 23 heavy (non-hydrogen) atoms. The maximum Gasteiger partial charge on any atom is 0.264 e. The monoisotopic (exact) mass is 337 g/mol. The number of rotatable bonds is 5. The predicted molar refractivity (Wildman–Crippen MR) is 86.6 cm³/mol. The van der Waals surface area contributed by atoms with Crippen LogP contribution >= 0.6 is 0 Å². The Bertz CT molecular complexity index is 707. The molecule has 0 bridgehead atoms. The summed E-state index contributed by atoms with van der Waals surface area (Å²) in [5.41, 5.74) is 1.62. The Hall–Kier alpha value is -1.40. The number of benzene rings is 1. The SMILES string of the molecule is COCC1(C(=O)NS(=O)(=O)c2ccc3c(c2)CCCC3)CCC1. The van der Waals surface area contributed by atoms with Gasteiger partial charge in [-0.15, -0.1) is 0 Å². The second kappa shape index (κ2) is 6.24. The Morgan fingerprint density at radius 3 is 2.48 bits per heavy atom. The van der Waals surface area contributed by atoms with E-state index in [0.29, 0.717) is 12.8 Å². The van der Waals surface area contributed by atoms with Crippen molar-refractivity contribution in [2.24, 2.45) is 5.41 Å². The van der Waals surface area contributed by atoms with E-state index in [0.717, 1.165) is 37.7 Å². The minimum atomic E-state index is -3.83. The van der Waals surface area contributed by atoms with E-state index in [1.165, 1.54) is 12.7 Å². The van der Waals surface area contributed by atoms with Crippen molar-refractivity contribution in [2.45, 2.75) is 49.8 Å². The van der Waals surface area contributed by atoms with Crippen molar-refractivity contribution in [3.05, 3.63) is 29.3 Å². The van der Waals surface area contributed by atoms with Gasteiger partial charge in [0, 0.05) is 7.11 Å². The Kier molecular flexibility index (Phi) is 4.47. The van der Waals surface area contributed by atoms with Gasteiger partial charge in [-0.3, -0.25) is 4.79 Å². The molecule has 1 saturated carbocycles. The fourth-order valence-electron chi connectivity index (χ4n) is 3.48. The summed E-state index contributed by atoms with van der Waals surface area (Å²) in [5, 5.41) is 0. The zero-order valence-corrected chi connectivity index (χ0v) is 14.2. The molecule has 126 valence electrons. The highest BCUT2D eigenvalue weighted by atomic mass is 32.2. The Morgan fingerprint density at radius 2 is 1.87 bits per heavy atom. The summed E-state index contributed by atoms with van der Waals surface area (Å²) in [6, 6.07) is 5.19. The van der Waals surface area contributed by atoms with Crippen molar-refractivity contribution in [3.63, 3.8) is 0 Å². The lowest BCUT2D eigenvalue weighted by Crippen LogP contribution is -2.50. The largest absolute Gasteiger partial charge is 0.384 e. The highest BCUT2D eigenvalue weighted by molar-refractivity contribution is 7.90. The zero-order chi connectivity index (χ0) is 16.5. The first-order valence-electron chi connectivity index (χ1n) is 8.15. The number of sulfonamides is 1. The molecule has 0 aliphatic heterocycles. The zero-order valence-electron chi connectivity index (χ0n) is 13.4. The van der Waals surface area contributed by atoms with Gasteiger partial charge < -0.3 is 4.74 Å². The van der Waals surface area contributed by atoms with Crippen LogP contribution in [0, 0.1) is 5.41 Å². The predicted octanol–water partition coefficient (Wildman–Crippen LogP) is 2.19. The van der Waals surface area contributed by atoms with E-state index in [1.807, 2.05) is 6.07 Å². The van der Waals surface area contributed by atoms with Crippen LogP contribution in [-0.4, -0.2) is 28.0 Å². The minimum absolute atomic E-state index is 0.179. The molecule has 0 atom stereocenters. The molecule has 0 heterocycles. The van der Waals surface area contributed by atoms with Gasteiger partial charge in [0.1, 0.15) is 0 Å². The van der Waals surface area contributed by atoms with Gasteiger partial charge in [-0.25, -0.2) is 13.1 Å². The van der Waals surface area contributed by atoms with Gasteiger partial charge >= 0.3 is 0 Å². The summed E-state index contributed by atoms with van der Waals surface area (Å²) in [6.07, 6.45) is 6.41. The minimum Gasteiger partial charge on any atom is -0.384 e. The number of ether oxygens (including phenoxy) is 1. The van der Waals surface area contributed by atoms with Crippen molar-refractivity contribution in [1.82, 2.24) is 4.72 Å². The van der Waals surface area contributed by atoms with E-state index in [-0.39, 0.29) is 11.5 Å². The van der Waals surface area contributed by atoms with Crippen LogP contribution in [0.15, 0.2) is 23.1 Å². The summed E-state index contributed by atoms with van der Waals surface area (Å²) in [4.78, 5) is 12.6. The third-order valence-corrected chi connectivity index (χ3v) is 6.40. The molecule has 1 aromatic rings. The second-order valence-corrected chi connectivity index (χ2v) is 8.32. The summed E-state index contributed by atoms with van der Waals surface area (Å²) < 4.78 is 32.5. The number of aryl methyl sites for hydroxylation is 2. The van der Waals surface area contributed by atoms with Gasteiger partial charge in [0.2, 0.25) is 5.91 Å². The molecule has 0 spiro atoms. The Morgan fingerprint density at radius 1 is 1.17 bits per heavy atom. The van der Waals surface area contributed by atoms with Gasteiger partial charge in [-0.05, 0) is 61.8 Å². The molecule has 0 radical (unpaired) electrons. The standard InChI is InChI=1S/C17H23NO4S/c1-22-12-17(9-4-10-17)16(19)18-23(20,21)15-8-7-13-5-2-3-6-14(13)11-15/h7-8,11H,2-6,9-10,12H2,1H3,(H,18,19). The van der Waals surface area contributed by atoms with Crippen LogP contribution in [0.5, 0.6) is 0 Å². The van der Waals surface area contributed by atoms with Crippen LogP contribution in [-0.2, 0) is 32.4 Å². The van der Waals surface area contributed by atoms with E-state index in [1.54, 1.807) is 12.1 Å². The number of hydrogen-bond donors (Lipinski definition) is 1. The Balaban J connectivity index is 1.80. The first-order chi connectivity index (χ1) is 11.0. The van der Waals surface area contributed by atoms with E-state index in [4.69, 9.17) is 4.74 Å². The number of methoxy groups -OCH3 is 1. The third kappa shape index (κ3) is 3.15. The third-order valence-electron chi connectivity index (χ3n) is 5.07. The van der Waals surface area contributed by atoms with Gasteiger partial charge in [-0.1, -0.05) is 12.5 Å². The van der Waals surface area contributed by atoms with Crippen LogP contribution in [0.25, 0.3) is 0 Å². The maximum absolute atomic E-state index is 12.5. The molecule has 1 amide bonds. The molecule has 1 fully saturated rings. The van der Waals surface area contributed by atoms with E-state index in [9.17, 15) is 13.2 Å². The van der Waals surface area contributed by atoms with Crippen molar-refractivity contribution in [2.75, 3.05) is 13.7 Å². The molecular formula is C17H23NO4S. The lowest BCUT2D eigenvalue weighted by Gasteiger charge is -2.39. The first-order valence-corrected chi connectivity index (χ1v) is 9.63. The van der Waals surface area contributed by atoms with Gasteiger partial charge in [0.25, 0.3) is 10.0 Å². The fourth-order valence-corrected chi connectivity index (χ4v) is 4.61. The van der Waals surface area contributed by atoms with Crippen LogP contribution in [0.4, 0.5) is 0 Å². The summed E-state index contributed by atoms with van der Waals surface area (Å²) in [7, 11) is -2.29. The van der Waals surface area contributed by atoms with Gasteiger partial charge in [0.05, 0.1) is 16.9 Å². The average molecular weight is 337 g/mol. The summed E-state index contributed by atoms with van der Waals surface area (Å²) >= 11 is 0. The molecule has 6 heteroatoms. The quantitative estimate of drug-likeness (QED) is 0.894. The molecule has 1 aromatic carbocycles. The number of amides is 1. The molecule has 3 rings (SSSR count). The van der Waals surface area contributed by atoms with Crippen molar-refractivity contribution in [1.29, 1.82) is 0 Å². The lowest BCUT2D eigenvalue weighted by molar-refractivity contribution is -0.138. The first kappa shape index (κ1) is 16.5. The highest BCUT2D eigenvalue weighted by Gasteiger charge is 2.45. The number of hydrogen-bond acceptors (Lipinski definition) is 4. The number of fused-ring (bicyclic) bond motifs is 1. The van der Waals surface area contributed by atoms with Crippen molar-refractivity contribution >= 4 is 15.9 Å². The molecule has 0 aromatic heterocycles. The normalized spacial score (nSPS) is 19.5. The summed E-state index contributed by atoms with van der Waals surface area (Å²) in [6.45, 7) is 0.262. The van der Waals surface area contributed by atoms with Crippen molar-refractivity contribution in [3.8, 4) is 0 Å². The second-order valence-electron chi connectivity index (χ2n) is 6.64. The van der Waals surface area contributed by atoms with Crippen LogP contribution in [0.1, 0.15) is 43.2 Å². The van der Waals surface area contributed by atoms with Crippen molar-refractivity contribution < 1.29 is 17.9 Å². The number of carbonyl (C=O) groups excluding carboxylic acids is 1. The smallest absolute Gasteiger partial charge is 0.264 e. The highest BCUT2D eigenvalue weighted by Crippen LogP contribution is 2.41. The Labute approximate surface area is 137 Å². The van der Waals surface area contributed by atoms with E-state index in [2.05, 4.69) is 4.72 Å². The molecule has 1 N–H and O–H groups in total. The molecular weight excluding hydrogens is 314 g/mol. The summed E-state index contributed by atoms with van der Waals surface area (Å²) in [5.74, 6) is -0.441. The van der Waals surface area contributed by atoms with E-state index < -0.39 is 21.3 Å². The molecule has 0 unspecified atom stereocenters. The van der Waals surface area contributed by atoms with Gasteiger partial charge in [-0.2, -0.15) is 0 Å². The maximum atomic E-state index is 12.5. The van der Waals surface area contributed by atoms with Gasteiger partial charge in [0.15, 0.2) is 0 Å². The fraction of sp³-hybridized carbons (Fsp3) is 0.588. The lowest BCUT2D eigenvalue weighted by atomic mass is 9.69.